The SMILES string of the molecule is O=C(O)c1cc(C2C3CC4CC(C3)CC2C4)cs1. The number of thiophene rings is 1. The van der Waals surface area contributed by atoms with Crippen molar-refractivity contribution in [2.24, 2.45) is 23.7 Å². The molecule has 0 amide bonds. The molecule has 0 atom stereocenters. The molecule has 4 fully saturated rings. The fraction of sp³-hybridized carbons (Fsp3) is 0.667. The van der Waals surface area contributed by atoms with Crippen molar-refractivity contribution in [1.82, 2.24) is 0 Å². The van der Waals surface area contributed by atoms with E-state index in [1.54, 1.807) is 0 Å². The van der Waals surface area contributed by atoms with Gasteiger partial charge >= 0.3 is 5.97 Å². The Hall–Kier alpha value is -0.830. The lowest BCUT2D eigenvalue weighted by molar-refractivity contribution is -0.00267. The van der Waals surface area contributed by atoms with E-state index in [9.17, 15) is 4.79 Å². The number of carboxylic acids is 1. The van der Waals surface area contributed by atoms with Gasteiger partial charge in [-0.25, -0.2) is 4.79 Å². The fourth-order valence-electron chi connectivity index (χ4n) is 5.11. The van der Waals surface area contributed by atoms with Gasteiger partial charge in [-0.05, 0) is 78.7 Å². The fourth-order valence-corrected chi connectivity index (χ4v) is 5.90. The van der Waals surface area contributed by atoms with Crippen molar-refractivity contribution in [3.8, 4) is 0 Å². The summed E-state index contributed by atoms with van der Waals surface area (Å²) in [5, 5.41) is 11.2. The second-order valence-corrected chi connectivity index (χ2v) is 7.42. The van der Waals surface area contributed by atoms with Crippen LogP contribution in [0.3, 0.4) is 0 Å². The third-order valence-electron chi connectivity index (χ3n) is 5.44. The van der Waals surface area contributed by atoms with Crippen molar-refractivity contribution < 1.29 is 9.90 Å². The first-order valence-electron chi connectivity index (χ1n) is 7.02. The summed E-state index contributed by atoms with van der Waals surface area (Å²) in [6, 6.07) is 1.94. The molecule has 4 saturated carbocycles. The van der Waals surface area contributed by atoms with E-state index in [1.165, 1.54) is 49.0 Å². The molecule has 0 spiro atoms. The highest BCUT2D eigenvalue weighted by molar-refractivity contribution is 7.12. The van der Waals surface area contributed by atoms with Crippen LogP contribution in [0.5, 0.6) is 0 Å². The largest absolute Gasteiger partial charge is 0.477 e. The van der Waals surface area contributed by atoms with Gasteiger partial charge in [-0.2, -0.15) is 0 Å². The zero-order chi connectivity index (χ0) is 12.3. The molecule has 0 aliphatic heterocycles. The maximum absolute atomic E-state index is 11.0. The average Bonchev–Trinajstić information content (AvgIpc) is 2.77. The van der Waals surface area contributed by atoms with Gasteiger partial charge in [0.1, 0.15) is 4.88 Å². The zero-order valence-electron chi connectivity index (χ0n) is 10.3. The lowest BCUT2D eigenvalue weighted by atomic mass is 9.51. The second-order valence-electron chi connectivity index (χ2n) is 6.51. The first kappa shape index (κ1) is 11.0. The highest BCUT2D eigenvalue weighted by Gasteiger charge is 2.48. The molecular formula is C15H18O2S. The van der Waals surface area contributed by atoms with Crippen LogP contribution < -0.4 is 0 Å². The summed E-state index contributed by atoms with van der Waals surface area (Å²) in [7, 11) is 0. The number of carboxylic acid groups (broad SMARTS) is 1. The van der Waals surface area contributed by atoms with E-state index in [1.807, 2.05) is 6.07 Å². The lowest BCUT2D eigenvalue weighted by Crippen LogP contribution is -2.43. The zero-order valence-corrected chi connectivity index (χ0v) is 11.2. The molecule has 0 radical (unpaired) electrons. The third kappa shape index (κ3) is 1.56. The molecule has 1 heterocycles. The van der Waals surface area contributed by atoms with Gasteiger partial charge in [0.15, 0.2) is 0 Å². The van der Waals surface area contributed by atoms with Crippen LogP contribution in [-0.2, 0) is 0 Å². The van der Waals surface area contributed by atoms with Crippen molar-refractivity contribution in [1.29, 1.82) is 0 Å². The van der Waals surface area contributed by atoms with Crippen molar-refractivity contribution in [2.45, 2.75) is 38.0 Å². The Kier molecular flexibility index (Phi) is 2.35. The van der Waals surface area contributed by atoms with Gasteiger partial charge in [-0.15, -0.1) is 11.3 Å². The summed E-state index contributed by atoms with van der Waals surface area (Å²) in [6.07, 6.45) is 7.07. The molecule has 5 rings (SSSR count). The molecule has 0 saturated heterocycles. The Morgan fingerprint density at radius 2 is 1.72 bits per heavy atom. The van der Waals surface area contributed by atoms with Gasteiger partial charge in [0.05, 0.1) is 0 Å². The highest BCUT2D eigenvalue weighted by Crippen LogP contribution is 2.60. The van der Waals surface area contributed by atoms with Crippen molar-refractivity contribution >= 4 is 17.3 Å². The summed E-state index contributed by atoms with van der Waals surface area (Å²) < 4.78 is 0. The number of hydrogen-bond acceptors (Lipinski definition) is 2. The maximum atomic E-state index is 11.0. The maximum Gasteiger partial charge on any atom is 0.345 e. The molecule has 3 heteroatoms. The number of rotatable bonds is 2. The number of aromatic carboxylic acids is 1. The van der Waals surface area contributed by atoms with E-state index >= 15 is 0 Å². The summed E-state index contributed by atoms with van der Waals surface area (Å²) in [5.41, 5.74) is 1.33. The molecule has 4 aliphatic carbocycles. The van der Waals surface area contributed by atoms with E-state index in [-0.39, 0.29) is 0 Å². The Morgan fingerprint density at radius 3 is 2.22 bits per heavy atom. The molecule has 4 bridgehead atoms. The highest BCUT2D eigenvalue weighted by atomic mass is 32.1. The third-order valence-corrected chi connectivity index (χ3v) is 6.38. The first-order chi connectivity index (χ1) is 8.70. The quantitative estimate of drug-likeness (QED) is 0.875. The normalized spacial score (nSPS) is 41.2. The molecule has 96 valence electrons. The molecule has 4 aliphatic rings. The summed E-state index contributed by atoms with van der Waals surface area (Å²) in [6.45, 7) is 0. The van der Waals surface area contributed by atoms with Crippen LogP contribution in [0.1, 0.15) is 53.3 Å². The van der Waals surface area contributed by atoms with Crippen molar-refractivity contribution in [3.63, 3.8) is 0 Å². The van der Waals surface area contributed by atoms with Crippen LogP contribution in [-0.4, -0.2) is 11.1 Å². The Morgan fingerprint density at radius 1 is 1.11 bits per heavy atom. The molecule has 1 aromatic heterocycles. The van der Waals surface area contributed by atoms with E-state index in [0.29, 0.717) is 10.8 Å². The first-order valence-corrected chi connectivity index (χ1v) is 7.90. The molecular weight excluding hydrogens is 244 g/mol. The molecule has 1 aromatic rings. The van der Waals surface area contributed by atoms with Crippen LogP contribution in [0.15, 0.2) is 11.4 Å². The standard InChI is InChI=1S/C15H18O2S/c16-15(17)13-6-12(7-18-13)14-10-2-8-1-9(4-10)5-11(14)3-8/h6-11,14H,1-5H2,(H,16,17). The van der Waals surface area contributed by atoms with E-state index in [0.717, 1.165) is 23.7 Å². The van der Waals surface area contributed by atoms with Crippen molar-refractivity contribution in [3.05, 3.63) is 21.9 Å². The van der Waals surface area contributed by atoms with E-state index in [4.69, 9.17) is 5.11 Å². The van der Waals surface area contributed by atoms with E-state index < -0.39 is 5.97 Å². The summed E-state index contributed by atoms with van der Waals surface area (Å²) in [5.74, 6) is 3.56. The van der Waals surface area contributed by atoms with Gasteiger partial charge in [0.25, 0.3) is 0 Å². The van der Waals surface area contributed by atoms with Crippen LogP contribution >= 0.6 is 11.3 Å². The van der Waals surface area contributed by atoms with Crippen molar-refractivity contribution in [2.75, 3.05) is 0 Å². The lowest BCUT2D eigenvalue weighted by Gasteiger charge is -2.54. The monoisotopic (exact) mass is 262 g/mol. The van der Waals surface area contributed by atoms with Gasteiger partial charge in [0.2, 0.25) is 0 Å². The summed E-state index contributed by atoms with van der Waals surface area (Å²) in [4.78, 5) is 11.5. The topological polar surface area (TPSA) is 37.3 Å². The number of carbonyl (C=O) groups is 1. The average molecular weight is 262 g/mol. The Labute approximate surface area is 111 Å². The van der Waals surface area contributed by atoms with Crippen LogP contribution in [0.25, 0.3) is 0 Å². The van der Waals surface area contributed by atoms with Gasteiger partial charge < -0.3 is 5.11 Å². The van der Waals surface area contributed by atoms with E-state index in [2.05, 4.69) is 5.38 Å². The number of hydrogen-bond donors (Lipinski definition) is 1. The smallest absolute Gasteiger partial charge is 0.345 e. The second kappa shape index (κ2) is 3.83. The van der Waals surface area contributed by atoms with Gasteiger partial charge in [0, 0.05) is 0 Å². The van der Waals surface area contributed by atoms with Gasteiger partial charge in [-0.3, -0.25) is 0 Å². The minimum Gasteiger partial charge on any atom is -0.477 e. The molecule has 0 aromatic carbocycles. The van der Waals surface area contributed by atoms with Crippen LogP contribution in [0, 0.1) is 23.7 Å². The predicted octanol–water partition coefficient (Wildman–Crippen LogP) is 3.99. The molecule has 1 N–H and O–H groups in total. The minimum absolute atomic E-state index is 0.513. The predicted molar refractivity (Wildman–Crippen MR) is 71.1 cm³/mol. The van der Waals surface area contributed by atoms with Crippen LogP contribution in [0.4, 0.5) is 0 Å². The molecule has 2 nitrogen and oxygen atoms in total. The molecule has 18 heavy (non-hydrogen) atoms. The van der Waals surface area contributed by atoms with Crippen LogP contribution in [0.2, 0.25) is 0 Å². The molecule has 0 unspecified atom stereocenters. The Balaban J connectivity index is 1.66. The van der Waals surface area contributed by atoms with Gasteiger partial charge in [-0.1, -0.05) is 0 Å². The summed E-state index contributed by atoms with van der Waals surface area (Å²) >= 11 is 1.40. The minimum atomic E-state index is -0.768. The Bertz CT molecular complexity index is 462.